The summed E-state index contributed by atoms with van der Waals surface area (Å²) in [6.45, 7) is 9.80. The van der Waals surface area contributed by atoms with Crippen LogP contribution in [-0.4, -0.2) is 15.5 Å². The highest BCUT2D eigenvalue weighted by Gasteiger charge is 2.15. The minimum absolute atomic E-state index is 0.133. The van der Waals surface area contributed by atoms with Gasteiger partial charge in [-0.05, 0) is 79.3 Å². The number of para-hydroxylation sites is 2. The van der Waals surface area contributed by atoms with Crippen LogP contribution in [0.1, 0.15) is 39.2 Å². The topological polar surface area (TPSA) is 46.9 Å². The van der Waals surface area contributed by atoms with Crippen molar-refractivity contribution in [2.75, 3.05) is 0 Å². The molecule has 0 radical (unpaired) electrons. The lowest BCUT2D eigenvalue weighted by atomic mass is 9.94. The number of nitrogens with zero attached hydrogens (tertiary/aromatic N) is 2. The standard InChI is InChI=1S/C28H29N3O/c1-19-16-20(2)22(4)24(21(19)3)18-31-26-13-9-8-12-25(26)30-27(31)17-29-28(32)15-14-23-10-6-5-7-11-23/h5-16H,17-18H2,1-4H3,(H,29,32)/b15-14-. The number of rotatable bonds is 6. The number of fused-ring (bicyclic) bond motifs is 1. The lowest BCUT2D eigenvalue weighted by Gasteiger charge is -2.18. The van der Waals surface area contributed by atoms with Crippen LogP contribution < -0.4 is 5.32 Å². The summed E-state index contributed by atoms with van der Waals surface area (Å²) < 4.78 is 2.23. The number of imidazole rings is 1. The van der Waals surface area contributed by atoms with Crippen LogP contribution in [0, 0.1) is 27.7 Å². The molecule has 32 heavy (non-hydrogen) atoms. The number of hydrogen-bond acceptors (Lipinski definition) is 2. The molecule has 0 aliphatic carbocycles. The molecule has 0 spiro atoms. The lowest BCUT2D eigenvalue weighted by Crippen LogP contribution is -2.23. The fourth-order valence-electron chi connectivity index (χ4n) is 4.09. The predicted molar refractivity (Wildman–Crippen MR) is 132 cm³/mol. The van der Waals surface area contributed by atoms with Crippen molar-refractivity contribution in [1.29, 1.82) is 0 Å². The Morgan fingerprint density at radius 3 is 2.31 bits per heavy atom. The molecule has 162 valence electrons. The van der Waals surface area contributed by atoms with E-state index >= 15 is 0 Å². The van der Waals surface area contributed by atoms with E-state index in [0.29, 0.717) is 6.54 Å². The highest BCUT2D eigenvalue weighted by Crippen LogP contribution is 2.25. The van der Waals surface area contributed by atoms with Crippen LogP contribution in [0.25, 0.3) is 17.1 Å². The van der Waals surface area contributed by atoms with Crippen LogP contribution in [0.5, 0.6) is 0 Å². The number of aryl methyl sites for hydroxylation is 2. The molecule has 1 aromatic heterocycles. The van der Waals surface area contributed by atoms with Gasteiger partial charge in [-0.25, -0.2) is 4.98 Å². The van der Waals surface area contributed by atoms with Gasteiger partial charge in [-0.2, -0.15) is 0 Å². The van der Waals surface area contributed by atoms with E-state index in [4.69, 9.17) is 4.98 Å². The molecule has 0 aliphatic heterocycles. The Labute approximate surface area is 189 Å². The largest absolute Gasteiger partial charge is 0.345 e. The van der Waals surface area contributed by atoms with Gasteiger partial charge in [0.1, 0.15) is 5.82 Å². The minimum atomic E-state index is -0.133. The lowest BCUT2D eigenvalue weighted by molar-refractivity contribution is -0.116. The van der Waals surface area contributed by atoms with Crippen LogP contribution in [-0.2, 0) is 17.9 Å². The minimum Gasteiger partial charge on any atom is -0.345 e. The molecule has 0 fully saturated rings. The Morgan fingerprint density at radius 1 is 0.938 bits per heavy atom. The highest BCUT2D eigenvalue weighted by molar-refractivity contribution is 5.91. The Kier molecular flexibility index (Phi) is 6.22. The van der Waals surface area contributed by atoms with Crippen molar-refractivity contribution >= 4 is 23.0 Å². The second kappa shape index (κ2) is 9.23. The molecule has 0 atom stereocenters. The van der Waals surface area contributed by atoms with E-state index in [1.807, 2.05) is 54.6 Å². The Bertz CT molecular complexity index is 1270. The predicted octanol–water partition coefficient (Wildman–Crippen LogP) is 5.65. The Hall–Kier alpha value is -3.66. The summed E-state index contributed by atoms with van der Waals surface area (Å²) in [4.78, 5) is 17.3. The number of aromatic nitrogens is 2. The van der Waals surface area contributed by atoms with Crippen molar-refractivity contribution in [2.45, 2.75) is 40.8 Å². The fraction of sp³-hybridized carbons (Fsp3) is 0.214. The molecule has 0 aliphatic rings. The van der Waals surface area contributed by atoms with Gasteiger partial charge in [0.25, 0.3) is 0 Å². The van der Waals surface area contributed by atoms with Crippen molar-refractivity contribution in [3.63, 3.8) is 0 Å². The first-order valence-electron chi connectivity index (χ1n) is 11.0. The maximum Gasteiger partial charge on any atom is 0.244 e. The van der Waals surface area contributed by atoms with Gasteiger partial charge in [0.2, 0.25) is 5.91 Å². The maximum atomic E-state index is 12.4. The Morgan fingerprint density at radius 2 is 1.59 bits per heavy atom. The molecule has 0 saturated carbocycles. The molecular weight excluding hydrogens is 394 g/mol. The van der Waals surface area contributed by atoms with E-state index in [-0.39, 0.29) is 5.91 Å². The van der Waals surface area contributed by atoms with Gasteiger partial charge in [-0.1, -0.05) is 48.5 Å². The molecule has 1 N–H and O–H groups in total. The molecular formula is C28H29N3O. The summed E-state index contributed by atoms with van der Waals surface area (Å²) in [6.07, 6.45) is 3.39. The van der Waals surface area contributed by atoms with Crippen LogP contribution in [0.4, 0.5) is 0 Å². The van der Waals surface area contributed by atoms with Crippen molar-refractivity contribution in [3.05, 3.63) is 106 Å². The van der Waals surface area contributed by atoms with E-state index in [1.165, 1.54) is 27.8 Å². The van der Waals surface area contributed by atoms with Gasteiger partial charge in [0.05, 0.1) is 17.6 Å². The van der Waals surface area contributed by atoms with Gasteiger partial charge in [0.15, 0.2) is 0 Å². The number of benzene rings is 3. The third-order valence-corrected chi connectivity index (χ3v) is 6.22. The molecule has 1 amide bonds. The summed E-state index contributed by atoms with van der Waals surface area (Å²) in [5.74, 6) is 0.719. The second-order valence-corrected chi connectivity index (χ2v) is 8.30. The van der Waals surface area contributed by atoms with Gasteiger partial charge < -0.3 is 9.88 Å². The molecule has 4 heteroatoms. The van der Waals surface area contributed by atoms with Crippen molar-refractivity contribution < 1.29 is 4.79 Å². The van der Waals surface area contributed by atoms with Crippen molar-refractivity contribution in [1.82, 2.24) is 14.9 Å². The average Bonchev–Trinajstić information content (AvgIpc) is 3.15. The summed E-state index contributed by atoms with van der Waals surface area (Å²) in [6, 6.07) is 20.2. The number of hydrogen-bond donors (Lipinski definition) is 1. The maximum absolute atomic E-state index is 12.4. The summed E-state index contributed by atoms with van der Waals surface area (Å²) in [7, 11) is 0. The summed E-state index contributed by atoms with van der Waals surface area (Å²) in [5, 5.41) is 3.00. The van der Waals surface area contributed by atoms with Crippen LogP contribution in [0.2, 0.25) is 0 Å². The number of nitrogens with one attached hydrogen (secondary N) is 1. The molecule has 1 heterocycles. The number of amides is 1. The van der Waals surface area contributed by atoms with E-state index in [2.05, 4.69) is 49.7 Å². The zero-order chi connectivity index (χ0) is 22.7. The van der Waals surface area contributed by atoms with Gasteiger partial charge >= 0.3 is 0 Å². The zero-order valence-electron chi connectivity index (χ0n) is 19.1. The van der Waals surface area contributed by atoms with Gasteiger partial charge in [0, 0.05) is 12.6 Å². The first kappa shape index (κ1) is 21.6. The highest BCUT2D eigenvalue weighted by atomic mass is 16.1. The molecule has 4 rings (SSSR count). The molecule has 0 bridgehead atoms. The van der Waals surface area contributed by atoms with Gasteiger partial charge in [-0.3, -0.25) is 4.79 Å². The smallest absolute Gasteiger partial charge is 0.244 e. The van der Waals surface area contributed by atoms with E-state index in [1.54, 1.807) is 6.08 Å². The van der Waals surface area contributed by atoms with Crippen LogP contribution in [0.15, 0.2) is 66.7 Å². The zero-order valence-corrected chi connectivity index (χ0v) is 19.1. The summed E-state index contributed by atoms with van der Waals surface area (Å²) in [5.41, 5.74) is 9.56. The quantitative estimate of drug-likeness (QED) is 0.408. The third-order valence-electron chi connectivity index (χ3n) is 6.22. The summed E-state index contributed by atoms with van der Waals surface area (Å²) >= 11 is 0. The van der Waals surface area contributed by atoms with E-state index in [9.17, 15) is 4.79 Å². The van der Waals surface area contributed by atoms with Gasteiger partial charge in [-0.15, -0.1) is 0 Å². The number of carbonyl (C=O) groups excluding carboxylic acids is 1. The van der Waals surface area contributed by atoms with E-state index < -0.39 is 0 Å². The Balaban J connectivity index is 1.62. The van der Waals surface area contributed by atoms with Crippen molar-refractivity contribution in [3.8, 4) is 0 Å². The molecule has 0 unspecified atom stereocenters. The van der Waals surface area contributed by atoms with Crippen LogP contribution in [0.3, 0.4) is 0 Å². The molecule has 4 aromatic rings. The van der Waals surface area contributed by atoms with Crippen molar-refractivity contribution in [2.24, 2.45) is 0 Å². The first-order chi connectivity index (χ1) is 15.4. The average molecular weight is 424 g/mol. The van der Waals surface area contributed by atoms with E-state index in [0.717, 1.165) is 29.0 Å². The fourth-order valence-corrected chi connectivity index (χ4v) is 4.09. The molecule has 3 aromatic carbocycles. The first-order valence-corrected chi connectivity index (χ1v) is 11.0. The molecule has 0 saturated heterocycles. The normalized spacial score (nSPS) is 11.4. The third kappa shape index (κ3) is 4.50. The monoisotopic (exact) mass is 423 g/mol. The SMILES string of the molecule is Cc1cc(C)c(C)c(Cn2c(CNC(=O)/C=C\c3ccccc3)nc3ccccc32)c1C. The number of carbonyl (C=O) groups is 1. The van der Waals surface area contributed by atoms with Crippen LogP contribution >= 0.6 is 0 Å². The molecule has 4 nitrogen and oxygen atoms in total. The second-order valence-electron chi connectivity index (χ2n) is 8.30.